The van der Waals surface area contributed by atoms with Crippen molar-refractivity contribution in [2.45, 2.75) is 25.2 Å². The molecule has 0 saturated carbocycles. The Balaban J connectivity index is 2.38. The molecule has 2 rings (SSSR count). The van der Waals surface area contributed by atoms with Gasteiger partial charge >= 0.3 is 0 Å². The van der Waals surface area contributed by atoms with Crippen molar-refractivity contribution in [2.24, 2.45) is 0 Å². The fourth-order valence-electron chi connectivity index (χ4n) is 2.06. The van der Waals surface area contributed by atoms with Crippen LogP contribution in [0.5, 0.6) is 0 Å². The van der Waals surface area contributed by atoms with Gasteiger partial charge in [0.15, 0.2) is 0 Å². The summed E-state index contributed by atoms with van der Waals surface area (Å²) >= 11 is 11.8. The Morgan fingerprint density at radius 1 is 1.14 bits per heavy atom. The molecule has 0 saturated heterocycles. The van der Waals surface area contributed by atoms with E-state index in [1.54, 1.807) is 24.3 Å². The fraction of sp³-hybridized carbons (Fsp3) is 0.200. The highest BCUT2D eigenvalue weighted by Crippen LogP contribution is 2.30. The third-order valence-electron chi connectivity index (χ3n) is 3.18. The van der Waals surface area contributed by atoms with E-state index in [0.717, 1.165) is 12.0 Å². The Hall–Kier alpha value is -1.23. The number of nitrogens with one attached hydrogen (secondary N) is 1. The maximum absolute atomic E-state index is 12.4. The molecule has 6 heteroatoms. The number of halogens is 2. The lowest BCUT2D eigenvalue weighted by molar-refractivity contribution is 0.601. The van der Waals surface area contributed by atoms with Crippen molar-refractivity contribution < 1.29 is 8.42 Å². The molecular formula is C15H15Cl2NO2S. The van der Waals surface area contributed by atoms with E-state index in [1.807, 2.05) is 13.0 Å². The van der Waals surface area contributed by atoms with E-state index >= 15 is 0 Å². The van der Waals surface area contributed by atoms with Crippen molar-refractivity contribution >= 4 is 38.9 Å². The summed E-state index contributed by atoms with van der Waals surface area (Å²) in [7, 11) is -3.77. The molecule has 0 aliphatic heterocycles. The third kappa shape index (κ3) is 3.51. The predicted octanol–water partition coefficient (Wildman–Crippen LogP) is 4.67. The molecule has 0 spiro atoms. The second kappa shape index (κ2) is 6.26. The lowest BCUT2D eigenvalue weighted by atomic mass is 10.1. The van der Waals surface area contributed by atoms with E-state index in [-0.39, 0.29) is 14.9 Å². The van der Waals surface area contributed by atoms with Crippen LogP contribution in [0.2, 0.25) is 10.0 Å². The van der Waals surface area contributed by atoms with E-state index in [0.29, 0.717) is 5.69 Å². The summed E-state index contributed by atoms with van der Waals surface area (Å²) < 4.78 is 27.3. The standard InChI is InChI=1S/C15H15Cl2NO2S/c1-3-11-7-8-12(9-10(11)2)18-21(19,20)14-6-4-5-13(16)15(14)17/h4-9,18H,3H2,1-2H3. The molecule has 1 N–H and O–H groups in total. The summed E-state index contributed by atoms with van der Waals surface area (Å²) in [6.07, 6.45) is 0.902. The van der Waals surface area contributed by atoms with Crippen LogP contribution in [0, 0.1) is 6.92 Å². The molecule has 112 valence electrons. The van der Waals surface area contributed by atoms with Gasteiger partial charge in [0.2, 0.25) is 0 Å². The molecule has 0 radical (unpaired) electrons. The van der Waals surface area contributed by atoms with Gasteiger partial charge < -0.3 is 0 Å². The van der Waals surface area contributed by atoms with Crippen LogP contribution >= 0.6 is 23.2 Å². The lowest BCUT2D eigenvalue weighted by Gasteiger charge is -2.12. The number of sulfonamides is 1. The smallest absolute Gasteiger partial charge is 0.263 e. The molecule has 0 aliphatic rings. The Kier molecular flexibility index (Phi) is 4.81. The van der Waals surface area contributed by atoms with Crippen molar-refractivity contribution in [1.29, 1.82) is 0 Å². The van der Waals surface area contributed by atoms with Crippen LogP contribution < -0.4 is 4.72 Å². The highest BCUT2D eigenvalue weighted by atomic mass is 35.5. The van der Waals surface area contributed by atoms with Crippen molar-refractivity contribution in [2.75, 3.05) is 4.72 Å². The molecule has 0 amide bonds. The summed E-state index contributed by atoms with van der Waals surface area (Å²) in [6.45, 7) is 4.00. The van der Waals surface area contributed by atoms with E-state index in [4.69, 9.17) is 23.2 Å². The van der Waals surface area contributed by atoms with Gasteiger partial charge in [-0.1, -0.05) is 42.3 Å². The number of hydrogen-bond donors (Lipinski definition) is 1. The minimum absolute atomic E-state index is 0.0218. The van der Waals surface area contributed by atoms with E-state index in [2.05, 4.69) is 11.6 Å². The molecule has 3 nitrogen and oxygen atoms in total. The van der Waals surface area contributed by atoms with Gasteiger partial charge in [-0.3, -0.25) is 4.72 Å². The average Bonchev–Trinajstić information content (AvgIpc) is 2.41. The summed E-state index contributed by atoms with van der Waals surface area (Å²) in [5, 5.41) is 0.227. The Bertz CT molecular complexity index is 773. The normalized spacial score (nSPS) is 11.4. The average molecular weight is 344 g/mol. The van der Waals surface area contributed by atoms with Crippen LogP contribution in [-0.4, -0.2) is 8.42 Å². The summed E-state index contributed by atoms with van der Waals surface area (Å²) in [4.78, 5) is -0.0334. The first-order chi connectivity index (χ1) is 9.85. The molecule has 0 heterocycles. The van der Waals surface area contributed by atoms with Gasteiger partial charge in [0.25, 0.3) is 10.0 Å². The van der Waals surface area contributed by atoms with Gasteiger partial charge in [0.05, 0.1) is 10.0 Å². The minimum Gasteiger partial charge on any atom is -0.280 e. The number of hydrogen-bond acceptors (Lipinski definition) is 2. The van der Waals surface area contributed by atoms with E-state index in [1.165, 1.54) is 11.6 Å². The van der Waals surface area contributed by atoms with E-state index < -0.39 is 10.0 Å². The number of anilines is 1. The fourth-order valence-corrected chi connectivity index (χ4v) is 3.87. The van der Waals surface area contributed by atoms with Crippen LogP contribution in [-0.2, 0) is 16.4 Å². The highest BCUT2D eigenvalue weighted by molar-refractivity contribution is 7.92. The van der Waals surface area contributed by atoms with Gasteiger partial charge in [-0.15, -0.1) is 0 Å². The maximum Gasteiger partial charge on any atom is 0.263 e. The van der Waals surface area contributed by atoms with Gasteiger partial charge in [0, 0.05) is 5.69 Å². The zero-order valence-corrected chi connectivity index (χ0v) is 14.0. The maximum atomic E-state index is 12.4. The first-order valence-electron chi connectivity index (χ1n) is 6.41. The molecule has 0 fully saturated rings. The molecule has 0 atom stereocenters. The lowest BCUT2D eigenvalue weighted by Crippen LogP contribution is -2.13. The summed E-state index contributed by atoms with van der Waals surface area (Å²) in [5.74, 6) is 0. The second-order valence-electron chi connectivity index (χ2n) is 4.65. The number of aryl methyl sites for hydroxylation is 2. The molecule has 0 bridgehead atoms. The Morgan fingerprint density at radius 2 is 1.86 bits per heavy atom. The summed E-state index contributed by atoms with van der Waals surface area (Å²) in [5.41, 5.74) is 2.72. The number of benzene rings is 2. The zero-order valence-electron chi connectivity index (χ0n) is 11.7. The molecule has 21 heavy (non-hydrogen) atoms. The van der Waals surface area contributed by atoms with Gasteiger partial charge in [0.1, 0.15) is 4.90 Å². The van der Waals surface area contributed by atoms with Crippen molar-refractivity contribution in [1.82, 2.24) is 0 Å². The largest absolute Gasteiger partial charge is 0.280 e. The first-order valence-corrected chi connectivity index (χ1v) is 8.65. The number of rotatable bonds is 4. The van der Waals surface area contributed by atoms with Crippen LogP contribution in [0.3, 0.4) is 0 Å². The minimum atomic E-state index is -3.77. The predicted molar refractivity (Wildman–Crippen MR) is 87.8 cm³/mol. The molecular weight excluding hydrogens is 329 g/mol. The van der Waals surface area contributed by atoms with Crippen LogP contribution in [0.15, 0.2) is 41.3 Å². The highest BCUT2D eigenvalue weighted by Gasteiger charge is 2.19. The van der Waals surface area contributed by atoms with Gasteiger partial charge in [-0.25, -0.2) is 8.42 Å². The SMILES string of the molecule is CCc1ccc(NS(=O)(=O)c2cccc(Cl)c2Cl)cc1C. The topological polar surface area (TPSA) is 46.2 Å². The van der Waals surface area contributed by atoms with Crippen LogP contribution in [0.1, 0.15) is 18.1 Å². The van der Waals surface area contributed by atoms with Crippen molar-refractivity contribution in [3.63, 3.8) is 0 Å². The Morgan fingerprint density at radius 3 is 2.48 bits per heavy atom. The quantitative estimate of drug-likeness (QED) is 0.876. The Labute approximate surface area is 135 Å². The van der Waals surface area contributed by atoms with Crippen LogP contribution in [0.4, 0.5) is 5.69 Å². The molecule has 0 unspecified atom stereocenters. The molecule has 0 aliphatic carbocycles. The molecule has 2 aromatic rings. The van der Waals surface area contributed by atoms with Gasteiger partial charge in [-0.05, 0) is 48.7 Å². The van der Waals surface area contributed by atoms with Crippen molar-refractivity contribution in [3.05, 3.63) is 57.6 Å². The zero-order chi connectivity index (χ0) is 15.6. The van der Waals surface area contributed by atoms with Crippen LogP contribution in [0.25, 0.3) is 0 Å². The molecule has 0 aromatic heterocycles. The molecule has 2 aromatic carbocycles. The first kappa shape index (κ1) is 16.1. The monoisotopic (exact) mass is 343 g/mol. The third-order valence-corrected chi connectivity index (χ3v) is 5.54. The summed E-state index contributed by atoms with van der Waals surface area (Å²) in [6, 6.07) is 9.96. The second-order valence-corrected chi connectivity index (χ2v) is 7.09. The van der Waals surface area contributed by atoms with Gasteiger partial charge in [-0.2, -0.15) is 0 Å². The van der Waals surface area contributed by atoms with Crippen molar-refractivity contribution in [3.8, 4) is 0 Å². The van der Waals surface area contributed by atoms with E-state index in [9.17, 15) is 8.42 Å².